The number of hydrogen-bond acceptors (Lipinski definition) is 3. The monoisotopic (exact) mass is 422 g/mol. The number of carbonyl (C=O) groups excluding carboxylic acids is 1. The van der Waals surface area contributed by atoms with Crippen LogP contribution in [-0.2, 0) is 16.1 Å². The molecule has 0 radical (unpaired) electrons. The van der Waals surface area contributed by atoms with Crippen LogP contribution in [0.25, 0.3) is 0 Å². The molecule has 0 heterocycles. The molecular formula is C15H10BrCl3O3. The minimum Gasteiger partial charge on any atom is -0.480 e. The Hall–Kier alpha value is -0.940. The molecule has 0 unspecified atom stereocenters. The second kappa shape index (κ2) is 8.06. The van der Waals surface area contributed by atoms with Crippen molar-refractivity contribution < 1.29 is 14.3 Å². The number of ether oxygens (including phenoxy) is 2. The summed E-state index contributed by atoms with van der Waals surface area (Å²) >= 11 is 21.0. The SMILES string of the molecule is O=C(COc1cc(Cl)c(Cl)cc1Cl)OCc1ccc(Br)cc1. The van der Waals surface area contributed by atoms with Crippen molar-refractivity contribution in [3.05, 3.63) is 61.5 Å². The molecule has 0 aliphatic heterocycles. The smallest absolute Gasteiger partial charge is 0.344 e. The van der Waals surface area contributed by atoms with Crippen LogP contribution in [0, 0.1) is 0 Å². The summed E-state index contributed by atoms with van der Waals surface area (Å²) in [5.41, 5.74) is 0.879. The molecule has 3 nitrogen and oxygen atoms in total. The van der Waals surface area contributed by atoms with Crippen molar-refractivity contribution in [2.75, 3.05) is 6.61 Å². The first-order valence-electron chi connectivity index (χ1n) is 6.13. The largest absolute Gasteiger partial charge is 0.480 e. The molecule has 7 heteroatoms. The topological polar surface area (TPSA) is 35.5 Å². The van der Waals surface area contributed by atoms with Crippen LogP contribution in [0.2, 0.25) is 15.1 Å². The van der Waals surface area contributed by atoms with E-state index < -0.39 is 5.97 Å². The highest BCUT2D eigenvalue weighted by Crippen LogP contribution is 2.33. The second-order valence-electron chi connectivity index (χ2n) is 4.27. The van der Waals surface area contributed by atoms with Gasteiger partial charge in [0.15, 0.2) is 6.61 Å². The maximum atomic E-state index is 11.7. The minimum atomic E-state index is -0.509. The zero-order valence-electron chi connectivity index (χ0n) is 11.1. The molecule has 0 N–H and O–H groups in total. The summed E-state index contributed by atoms with van der Waals surface area (Å²) in [5, 5.41) is 0.885. The third-order valence-electron chi connectivity index (χ3n) is 2.63. The highest BCUT2D eigenvalue weighted by atomic mass is 79.9. The van der Waals surface area contributed by atoms with Crippen molar-refractivity contribution in [3.8, 4) is 5.75 Å². The van der Waals surface area contributed by atoms with E-state index in [-0.39, 0.29) is 24.0 Å². The molecule has 0 aliphatic rings. The molecule has 0 saturated heterocycles. The predicted octanol–water partition coefficient (Wildman–Crippen LogP) is 5.53. The summed E-state index contributed by atoms with van der Waals surface area (Å²) in [6, 6.07) is 10.4. The van der Waals surface area contributed by atoms with Gasteiger partial charge >= 0.3 is 5.97 Å². The first-order chi connectivity index (χ1) is 10.5. The third-order valence-corrected chi connectivity index (χ3v) is 4.18. The Kier molecular flexibility index (Phi) is 6.38. The highest BCUT2D eigenvalue weighted by Gasteiger charge is 2.10. The van der Waals surface area contributed by atoms with Gasteiger partial charge in [-0.1, -0.05) is 62.9 Å². The van der Waals surface area contributed by atoms with Crippen LogP contribution in [0.5, 0.6) is 5.75 Å². The Morgan fingerprint density at radius 1 is 1.00 bits per heavy atom. The Morgan fingerprint density at radius 3 is 2.32 bits per heavy atom. The number of hydrogen-bond donors (Lipinski definition) is 0. The van der Waals surface area contributed by atoms with Gasteiger partial charge in [0.05, 0.1) is 15.1 Å². The number of carbonyl (C=O) groups is 1. The van der Waals surface area contributed by atoms with E-state index in [9.17, 15) is 4.79 Å². The van der Waals surface area contributed by atoms with Crippen LogP contribution < -0.4 is 4.74 Å². The molecule has 2 aromatic carbocycles. The molecule has 0 spiro atoms. The summed E-state index contributed by atoms with van der Waals surface area (Å²) in [6.45, 7) is -0.0984. The maximum Gasteiger partial charge on any atom is 0.344 e. The molecule has 0 saturated carbocycles. The highest BCUT2D eigenvalue weighted by molar-refractivity contribution is 9.10. The number of halogens is 4. The fourth-order valence-electron chi connectivity index (χ4n) is 1.54. The van der Waals surface area contributed by atoms with E-state index in [1.165, 1.54) is 12.1 Å². The molecule has 0 amide bonds. The van der Waals surface area contributed by atoms with Crippen LogP contribution in [0.1, 0.15) is 5.56 Å². The normalized spacial score (nSPS) is 10.4. The Bertz CT molecular complexity index is 674. The van der Waals surface area contributed by atoms with Crippen molar-refractivity contribution in [3.63, 3.8) is 0 Å². The standard InChI is InChI=1S/C15H10BrCl3O3/c16-10-3-1-9(2-4-10)7-22-15(20)8-21-14-6-12(18)11(17)5-13(14)19/h1-6H,7-8H2. The van der Waals surface area contributed by atoms with Gasteiger partial charge in [-0.2, -0.15) is 0 Å². The van der Waals surface area contributed by atoms with Gasteiger partial charge in [0.1, 0.15) is 12.4 Å². The molecule has 0 fully saturated rings. The number of esters is 1. The van der Waals surface area contributed by atoms with Crippen LogP contribution in [0.15, 0.2) is 40.9 Å². The maximum absolute atomic E-state index is 11.7. The van der Waals surface area contributed by atoms with E-state index in [0.29, 0.717) is 10.0 Å². The summed E-state index contributed by atoms with van der Waals surface area (Å²) in [4.78, 5) is 11.7. The lowest BCUT2D eigenvalue weighted by molar-refractivity contribution is -0.147. The molecule has 2 aromatic rings. The van der Waals surface area contributed by atoms with Gasteiger partial charge in [-0.25, -0.2) is 4.79 Å². The van der Waals surface area contributed by atoms with Crippen molar-refractivity contribution in [2.24, 2.45) is 0 Å². The van der Waals surface area contributed by atoms with Gasteiger partial charge in [-0.15, -0.1) is 0 Å². The molecule has 2 rings (SSSR count). The number of benzene rings is 2. The summed E-state index contributed by atoms with van der Waals surface area (Å²) in [7, 11) is 0. The van der Waals surface area contributed by atoms with Crippen molar-refractivity contribution in [1.82, 2.24) is 0 Å². The molecular weight excluding hydrogens is 414 g/mol. The molecule has 22 heavy (non-hydrogen) atoms. The van der Waals surface area contributed by atoms with Crippen molar-refractivity contribution in [1.29, 1.82) is 0 Å². The lowest BCUT2D eigenvalue weighted by Crippen LogP contribution is -2.14. The molecule has 0 aromatic heterocycles. The zero-order chi connectivity index (χ0) is 16.1. The van der Waals surface area contributed by atoms with E-state index in [2.05, 4.69) is 15.9 Å². The lowest BCUT2D eigenvalue weighted by atomic mass is 10.2. The van der Waals surface area contributed by atoms with Crippen LogP contribution >= 0.6 is 50.7 Å². The second-order valence-corrected chi connectivity index (χ2v) is 6.41. The van der Waals surface area contributed by atoms with Gasteiger partial charge < -0.3 is 9.47 Å². The van der Waals surface area contributed by atoms with Crippen LogP contribution in [-0.4, -0.2) is 12.6 Å². The molecule has 0 atom stereocenters. The minimum absolute atomic E-state index is 0.171. The van der Waals surface area contributed by atoms with Crippen LogP contribution in [0.3, 0.4) is 0 Å². The summed E-state index contributed by atoms with van der Waals surface area (Å²) < 4.78 is 11.3. The van der Waals surface area contributed by atoms with Crippen molar-refractivity contribution in [2.45, 2.75) is 6.61 Å². The van der Waals surface area contributed by atoms with Crippen molar-refractivity contribution >= 4 is 56.7 Å². The molecule has 0 bridgehead atoms. The van der Waals surface area contributed by atoms with E-state index in [1.54, 1.807) is 0 Å². The Labute approximate surface area is 151 Å². The van der Waals surface area contributed by atoms with Gasteiger partial charge in [-0.05, 0) is 23.8 Å². The van der Waals surface area contributed by atoms with E-state index >= 15 is 0 Å². The summed E-state index contributed by atoms with van der Waals surface area (Å²) in [5.74, 6) is -0.235. The average Bonchev–Trinajstić information content (AvgIpc) is 2.49. The Balaban J connectivity index is 1.85. The zero-order valence-corrected chi connectivity index (χ0v) is 15.0. The predicted molar refractivity (Wildman–Crippen MR) is 90.9 cm³/mol. The fourth-order valence-corrected chi connectivity index (χ4v) is 2.39. The lowest BCUT2D eigenvalue weighted by Gasteiger charge is -2.09. The molecule has 0 aliphatic carbocycles. The fraction of sp³-hybridized carbons (Fsp3) is 0.133. The summed E-state index contributed by atoms with van der Waals surface area (Å²) in [6.07, 6.45) is 0. The Morgan fingerprint density at radius 2 is 1.64 bits per heavy atom. The van der Waals surface area contributed by atoms with Gasteiger partial charge in [0.25, 0.3) is 0 Å². The van der Waals surface area contributed by atoms with E-state index in [4.69, 9.17) is 44.3 Å². The van der Waals surface area contributed by atoms with Crippen LogP contribution in [0.4, 0.5) is 0 Å². The third kappa shape index (κ3) is 5.06. The first kappa shape index (κ1) is 17.4. The van der Waals surface area contributed by atoms with E-state index in [1.807, 2.05) is 24.3 Å². The molecule has 116 valence electrons. The average molecular weight is 425 g/mol. The van der Waals surface area contributed by atoms with Gasteiger partial charge in [0, 0.05) is 10.5 Å². The number of rotatable bonds is 5. The van der Waals surface area contributed by atoms with E-state index in [0.717, 1.165) is 10.0 Å². The van der Waals surface area contributed by atoms with Gasteiger partial charge in [-0.3, -0.25) is 0 Å². The van der Waals surface area contributed by atoms with Gasteiger partial charge in [0.2, 0.25) is 0 Å². The quantitative estimate of drug-likeness (QED) is 0.468. The first-order valence-corrected chi connectivity index (χ1v) is 8.06.